The van der Waals surface area contributed by atoms with Crippen LogP contribution in [-0.4, -0.2) is 25.4 Å². The van der Waals surface area contributed by atoms with Gasteiger partial charge in [-0.2, -0.15) is 0 Å². The van der Waals surface area contributed by atoms with Crippen molar-refractivity contribution < 1.29 is 9.59 Å². The normalized spacial score (nSPS) is 18.4. The van der Waals surface area contributed by atoms with Crippen LogP contribution in [0.5, 0.6) is 0 Å². The van der Waals surface area contributed by atoms with Crippen LogP contribution in [0.3, 0.4) is 0 Å². The van der Waals surface area contributed by atoms with Crippen molar-refractivity contribution in [3.05, 3.63) is 35.9 Å². The lowest BCUT2D eigenvalue weighted by molar-refractivity contribution is -0.121. The average Bonchev–Trinajstić information content (AvgIpc) is 2.96. The average molecular weight is 256 g/mol. The van der Waals surface area contributed by atoms with Gasteiger partial charge >= 0.3 is 0 Å². The highest BCUT2D eigenvalue weighted by molar-refractivity contribution is 6.15. The van der Waals surface area contributed by atoms with Crippen LogP contribution in [0, 0.1) is 0 Å². The fourth-order valence-corrected chi connectivity index (χ4v) is 2.66. The molecule has 0 saturated carbocycles. The van der Waals surface area contributed by atoms with Crippen molar-refractivity contribution in [3.63, 3.8) is 0 Å². The summed E-state index contributed by atoms with van der Waals surface area (Å²) < 4.78 is 0. The number of hydrogen-bond acceptors (Lipinski definition) is 2. The maximum atomic E-state index is 12.5. The minimum atomic E-state index is -0.0503. The molecular weight excluding hydrogens is 240 g/mol. The highest BCUT2D eigenvalue weighted by Crippen LogP contribution is 2.34. The van der Waals surface area contributed by atoms with Crippen molar-refractivity contribution >= 4 is 23.2 Å². The molecule has 1 aliphatic carbocycles. The van der Waals surface area contributed by atoms with Gasteiger partial charge in [-0.1, -0.05) is 18.2 Å². The van der Waals surface area contributed by atoms with E-state index in [1.807, 2.05) is 30.3 Å². The monoisotopic (exact) mass is 256 g/mol. The third-order valence-electron chi connectivity index (χ3n) is 3.76. The molecule has 0 bridgehead atoms. The molecule has 0 atom stereocenters. The summed E-state index contributed by atoms with van der Waals surface area (Å²) in [6.07, 6.45) is 4.81. The van der Waals surface area contributed by atoms with Gasteiger partial charge < -0.3 is 4.90 Å². The van der Waals surface area contributed by atoms with E-state index >= 15 is 0 Å². The molecule has 4 nitrogen and oxygen atoms in total. The van der Waals surface area contributed by atoms with Crippen LogP contribution < -0.4 is 9.80 Å². The molecule has 0 unspecified atom stereocenters. The zero-order valence-electron chi connectivity index (χ0n) is 10.9. The van der Waals surface area contributed by atoms with Gasteiger partial charge in [0, 0.05) is 12.6 Å². The van der Waals surface area contributed by atoms with Crippen molar-refractivity contribution in [1.82, 2.24) is 0 Å². The number of allylic oxidation sites excluding steroid dienone is 1. The van der Waals surface area contributed by atoms with Crippen molar-refractivity contribution in [1.29, 1.82) is 0 Å². The van der Waals surface area contributed by atoms with E-state index in [1.165, 1.54) is 0 Å². The third kappa shape index (κ3) is 1.93. The Bertz CT molecular complexity index is 577. The molecule has 0 N–H and O–H groups in total. The Morgan fingerprint density at radius 1 is 1.21 bits per heavy atom. The second kappa shape index (κ2) is 4.53. The summed E-state index contributed by atoms with van der Waals surface area (Å²) in [6, 6.07) is 7.54. The fourth-order valence-electron chi connectivity index (χ4n) is 2.66. The van der Waals surface area contributed by atoms with Gasteiger partial charge in [0.25, 0.3) is 5.91 Å². The SMILES string of the molecule is CN1C(=O)CN(C(=O)C2=CCCC2)c2ccccc21. The minimum absolute atomic E-state index is 0.0219. The maximum Gasteiger partial charge on any atom is 0.254 e. The molecule has 0 radical (unpaired) electrons. The minimum Gasteiger partial charge on any atom is -0.312 e. The number of carbonyl (C=O) groups is 2. The molecule has 1 heterocycles. The Morgan fingerprint density at radius 2 is 1.95 bits per heavy atom. The number of carbonyl (C=O) groups excluding carboxylic acids is 2. The number of para-hydroxylation sites is 2. The Morgan fingerprint density at radius 3 is 2.63 bits per heavy atom. The van der Waals surface area contributed by atoms with E-state index in [1.54, 1.807) is 16.8 Å². The first kappa shape index (κ1) is 12.0. The summed E-state index contributed by atoms with van der Waals surface area (Å²) in [5.74, 6) is -0.0722. The van der Waals surface area contributed by atoms with Crippen LogP contribution in [0.15, 0.2) is 35.9 Å². The van der Waals surface area contributed by atoms with E-state index < -0.39 is 0 Å². The van der Waals surface area contributed by atoms with E-state index in [0.29, 0.717) is 0 Å². The molecule has 0 spiro atoms. The van der Waals surface area contributed by atoms with Gasteiger partial charge in [-0.3, -0.25) is 14.5 Å². The first-order valence-electron chi connectivity index (χ1n) is 6.55. The van der Waals surface area contributed by atoms with Gasteiger partial charge in [-0.05, 0) is 31.4 Å². The topological polar surface area (TPSA) is 40.6 Å². The Kier molecular flexibility index (Phi) is 2.85. The van der Waals surface area contributed by atoms with Gasteiger partial charge in [0.05, 0.1) is 11.4 Å². The number of rotatable bonds is 1. The molecular formula is C15H16N2O2. The summed E-state index contributed by atoms with van der Waals surface area (Å²) in [6.45, 7) is 0.129. The first-order valence-corrected chi connectivity index (χ1v) is 6.55. The van der Waals surface area contributed by atoms with Gasteiger partial charge in [-0.15, -0.1) is 0 Å². The molecule has 98 valence electrons. The predicted molar refractivity (Wildman–Crippen MR) is 74.1 cm³/mol. The Hall–Kier alpha value is -2.10. The smallest absolute Gasteiger partial charge is 0.254 e. The molecule has 1 aromatic carbocycles. The molecule has 1 aromatic rings. The summed E-state index contributed by atoms with van der Waals surface area (Å²) in [5.41, 5.74) is 2.46. The number of hydrogen-bond donors (Lipinski definition) is 0. The molecule has 0 aromatic heterocycles. The van der Waals surface area contributed by atoms with E-state index in [0.717, 1.165) is 36.2 Å². The van der Waals surface area contributed by atoms with Gasteiger partial charge in [-0.25, -0.2) is 0 Å². The van der Waals surface area contributed by atoms with Crippen LogP contribution in [0.2, 0.25) is 0 Å². The van der Waals surface area contributed by atoms with Crippen LogP contribution in [0.4, 0.5) is 11.4 Å². The highest BCUT2D eigenvalue weighted by Gasteiger charge is 2.31. The van der Waals surface area contributed by atoms with E-state index in [-0.39, 0.29) is 18.4 Å². The number of nitrogens with zero attached hydrogens (tertiary/aromatic N) is 2. The number of amides is 2. The van der Waals surface area contributed by atoms with E-state index in [9.17, 15) is 9.59 Å². The molecule has 19 heavy (non-hydrogen) atoms. The molecule has 3 rings (SSSR count). The second-order valence-electron chi connectivity index (χ2n) is 4.95. The number of benzene rings is 1. The summed E-state index contributed by atoms with van der Waals surface area (Å²) in [4.78, 5) is 27.7. The van der Waals surface area contributed by atoms with Crippen molar-refractivity contribution in [2.75, 3.05) is 23.4 Å². The van der Waals surface area contributed by atoms with E-state index in [4.69, 9.17) is 0 Å². The van der Waals surface area contributed by atoms with Crippen LogP contribution in [-0.2, 0) is 9.59 Å². The zero-order chi connectivity index (χ0) is 13.4. The number of anilines is 2. The molecule has 2 amide bonds. The lowest BCUT2D eigenvalue weighted by Crippen LogP contribution is -2.46. The standard InChI is InChI=1S/C15H16N2O2/c1-16-12-8-4-5-9-13(12)17(10-14(16)18)15(19)11-6-2-3-7-11/h4-6,8-9H,2-3,7,10H2,1H3. The van der Waals surface area contributed by atoms with Crippen LogP contribution in [0.25, 0.3) is 0 Å². The van der Waals surface area contributed by atoms with Crippen LogP contribution >= 0.6 is 0 Å². The number of fused-ring (bicyclic) bond motifs is 1. The van der Waals surface area contributed by atoms with E-state index in [2.05, 4.69) is 0 Å². The Labute approximate surface area is 112 Å². The molecule has 0 fully saturated rings. The van der Waals surface area contributed by atoms with Gasteiger partial charge in [0.2, 0.25) is 5.91 Å². The third-order valence-corrected chi connectivity index (χ3v) is 3.76. The summed E-state index contributed by atoms with van der Waals surface area (Å²) in [7, 11) is 1.75. The quantitative estimate of drug-likeness (QED) is 0.772. The summed E-state index contributed by atoms with van der Waals surface area (Å²) >= 11 is 0. The lowest BCUT2D eigenvalue weighted by atomic mass is 10.1. The number of likely N-dealkylation sites (N-methyl/N-ethyl adjacent to an activating group) is 1. The Balaban J connectivity index is 2.00. The van der Waals surface area contributed by atoms with Crippen LogP contribution in [0.1, 0.15) is 19.3 Å². The van der Waals surface area contributed by atoms with Crippen molar-refractivity contribution in [3.8, 4) is 0 Å². The first-order chi connectivity index (χ1) is 9.18. The zero-order valence-corrected chi connectivity index (χ0v) is 10.9. The van der Waals surface area contributed by atoms with Crippen molar-refractivity contribution in [2.45, 2.75) is 19.3 Å². The molecule has 0 saturated heterocycles. The highest BCUT2D eigenvalue weighted by atomic mass is 16.2. The second-order valence-corrected chi connectivity index (χ2v) is 4.95. The van der Waals surface area contributed by atoms with Crippen molar-refractivity contribution in [2.24, 2.45) is 0 Å². The largest absolute Gasteiger partial charge is 0.312 e. The molecule has 2 aliphatic rings. The van der Waals surface area contributed by atoms with Gasteiger partial charge in [0.15, 0.2) is 0 Å². The fraction of sp³-hybridized carbons (Fsp3) is 0.333. The maximum absolute atomic E-state index is 12.5. The van der Waals surface area contributed by atoms with Gasteiger partial charge in [0.1, 0.15) is 6.54 Å². The summed E-state index contributed by atoms with van der Waals surface area (Å²) in [5, 5.41) is 0. The predicted octanol–water partition coefficient (Wildman–Crippen LogP) is 2.11. The molecule has 4 heteroatoms. The molecule has 1 aliphatic heterocycles. The lowest BCUT2D eigenvalue weighted by Gasteiger charge is -2.34.